The summed E-state index contributed by atoms with van der Waals surface area (Å²) in [5.41, 5.74) is 1.17. The lowest BCUT2D eigenvalue weighted by molar-refractivity contribution is 0.242. The molecule has 2 heterocycles. The molecule has 1 aliphatic heterocycles. The monoisotopic (exact) mass is 491 g/mol. The van der Waals surface area contributed by atoms with Crippen molar-refractivity contribution in [1.82, 2.24) is 20.5 Å². The number of aromatic nitrogens is 1. The minimum Gasteiger partial charge on any atom is -0.357 e. The molecule has 1 aliphatic carbocycles. The lowest BCUT2D eigenvalue weighted by Gasteiger charge is -2.24. The predicted octanol–water partition coefficient (Wildman–Crippen LogP) is 3.49. The van der Waals surface area contributed by atoms with E-state index in [2.05, 4.69) is 41.3 Å². The highest BCUT2D eigenvalue weighted by molar-refractivity contribution is 14.0. The second kappa shape index (κ2) is 10.8. The van der Waals surface area contributed by atoms with Crippen molar-refractivity contribution in [2.75, 3.05) is 26.2 Å². The zero-order chi connectivity index (χ0) is 17.6. The molecule has 0 spiro atoms. The Morgan fingerprint density at radius 2 is 2.04 bits per heavy atom. The molecule has 1 aromatic rings. The van der Waals surface area contributed by atoms with Crippen LogP contribution >= 0.6 is 35.3 Å². The molecular weight excluding hydrogens is 457 g/mol. The average molecular weight is 491 g/mol. The number of thiazole rings is 1. The van der Waals surface area contributed by atoms with Gasteiger partial charge < -0.3 is 10.6 Å². The van der Waals surface area contributed by atoms with Gasteiger partial charge in [0.15, 0.2) is 5.96 Å². The molecule has 0 amide bonds. The fraction of sp³-hybridized carbons (Fsp3) is 0.789. The minimum absolute atomic E-state index is 0. The quantitative estimate of drug-likeness (QED) is 0.364. The van der Waals surface area contributed by atoms with E-state index in [-0.39, 0.29) is 24.0 Å². The molecule has 0 aromatic carbocycles. The maximum Gasteiger partial charge on any atom is 0.191 e. The molecule has 26 heavy (non-hydrogen) atoms. The molecule has 1 unspecified atom stereocenters. The SMILES string of the molecule is CCNC(=NCCc1sc(C)nc1C)NC1CCN(C2CCCC2)C1.I. The van der Waals surface area contributed by atoms with Gasteiger partial charge in [0.05, 0.1) is 10.7 Å². The number of nitrogens with zero attached hydrogens (tertiary/aromatic N) is 3. The summed E-state index contributed by atoms with van der Waals surface area (Å²) < 4.78 is 0. The van der Waals surface area contributed by atoms with Gasteiger partial charge in [0.2, 0.25) is 0 Å². The second-order valence-corrected chi connectivity index (χ2v) is 8.60. The zero-order valence-electron chi connectivity index (χ0n) is 16.4. The van der Waals surface area contributed by atoms with Crippen LogP contribution < -0.4 is 10.6 Å². The Morgan fingerprint density at radius 3 is 2.69 bits per heavy atom. The molecule has 148 valence electrons. The van der Waals surface area contributed by atoms with Crippen molar-refractivity contribution >= 4 is 41.3 Å². The molecule has 2 fully saturated rings. The van der Waals surface area contributed by atoms with E-state index in [0.717, 1.165) is 36.5 Å². The van der Waals surface area contributed by atoms with Crippen LogP contribution in [0.5, 0.6) is 0 Å². The van der Waals surface area contributed by atoms with E-state index in [4.69, 9.17) is 4.99 Å². The molecule has 1 saturated carbocycles. The first-order valence-electron chi connectivity index (χ1n) is 9.87. The summed E-state index contributed by atoms with van der Waals surface area (Å²) in [4.78, 5) is 13.4. The average Bonchev–Trinajstić information content (AvgIpc) is 3.29. The summed E-state index contributed by atoms with van der Waals surface area (Å²) in [6.45, 7) is 10.4. The van der Waals surface area contributed by atoms with Crippen LogP contribution in [0.15, 0.2) is 4.99 Å². The molecule has 0 radical (unpaired) electrons. The predicted molar refractivity (Wildman–Crippen MR) is 122 cm³/mol. The van der Waals surface area contributed by atoms with Gasteiger partial charge in [-0.25, -0.2) is 4.98 Å². The van der Waals surface area contributed by atoms with Crippen molar-refractivity contribution in [3.8, 4) is 0 Å². The largest absolute Gasteiger partial charge is 0.357 e. The number of hydrogen-bond donors (Lipinski definition) is 2. The van der Waals surface area contributed by atoms with E-state index >= 15 is 0 Å². The Hall–Kier alpha value is -0.410. The smallest absolute Gasteiger partial charge is 0.191 e. The molecule has 1 aromatic heterocycles. The number of nitrogens with one attached hydrogen (secondary N) is 2. The van der Waals surface area contributed by atoms with Gasteiger partial charge in [-0.15, -0.1) is 35.3 Å². The maximum absolute atomic E-state index is 4.80. The Balaban J connectivity index is 0.00000243. The molecule has 2 aliphatic rings. The lowest BCUT2D eigenvalue weighted by Crippen LogP contribution is -2.45. The first-order valence-corrected chi connectivity index (χ1v) is 10.7. The van der Waals surface area contributed by atoms with E-state index in [1.54, 1.807) is 11.3 Å². The van der Waals surface area contributed by atoms with Crippen LogP contribution in [0, 0.1) is 13.8 Å². The van der Waals surface area contributed by atoms with Crippen molar-refractivity contribution < 1.29 is 0 Å². The molecule has 0 bridgehead atoms. The van der Waals surface area contributed by atoms with E-state index in [0.29, 0.717) is 6.04 Å². The first kappa shape index (κ1) is 21.9. The van der Waals surface area contributed by atoms with Crippen LogP contribution in [-0.2, 0) is 6.42 Å². The Morgan fingerprint density at radius 1 is 1.27 bits per heavy atom. The number of likely N-dealkylation sites (tertiary alicyclic amines) is 1. The third kappa shape index (κ3) is 6.05. The van der Waals surface area contributed by atoms with Gasteiger partial charge in [-0.2, -0.15) is 0 Å². The van der Waals surface area contributed by atoms with Crippen LogP contribution in [0.4, 0.5) is 0 Å². The number of guanidine groups is 1. The summed E-state index contributed by atoms with van der Waals surface area (Å²) in [5.74, 6) is 0.972. The highest BCUT2D eigenvalue weighted by Gasteiger charge is 2.30. The van der Waals surface area contributed by atoms with E-state index in [1.807, 2.05) is 0 Å². The third-order valence-corrected chi connectivity index (χ3v) is 6.49. The van der Waals surface area contributed by atoms with Gasteiger partial charge in [-0.1, -0.05) is 12.8 Å². The second-order valence-electron chi connectivity index (χ2n) is 7.32. The van der Waals surface area contributed by atoms with E-state index in [9.17, 15) is 0 Å². The Labute approximate surface area is 179 Å². The lowest BCUT2D eigenvalue weighted by atomic mass is 10.2. The van der Waals surface area contributed by atoms with E-state index < -0.39 is 0 Å². The van der Waals surface area contributed by atoms with Crippen molar-refractivity contribution in [2.45, 2.75) is 71.4 Å². The molecule has 5 nitrogen and oxygen atoms in total. The van der Waals surface area contributed by atoms with Gasteiger partial charge in [-0.3, -0.25) is 9.89 Å². The van der Waals surface area contributed by atoms with Crippen molar-refractivity contribution in [3.05, 3.63) is 15.6 Å². The van der Waals surface area contributed by atoms with Crippen molar-refractivity contribution in [3.63, 3.8) is 0 Å². The number of rotatable bonds is 6. The number of halogens is 1. The van der Waals surface area contributed by atoms with Crippen molar-refractivity contribution in [1.29, 1.82) is 0 Å². The fourth-order valence-corrected chi connectivity index (χ4v) is 5.02. The zero-order valence-corrected chi connectivity index (χ0v) is 19.5. The molecule has 3 rings (SSSR count). The number of hydrogen-bond acceptors (Lipinski definition) is 4. The van der Waals surface area contributed by atoms with Crippen molar-refractivity contribution in [2.24, 2.45) is 4.99 Å². The van der Waals surface area contributed by atoms with Gasteiger partial charge in [0.25, 0.3) is 0 Å². The summed E-state index contributed by atoms with van der Waals surface area (Å²) in [7, 11) is 0. The van der Waals surface area contributed by atoms with Gasteiger partial charge in [0.1, 0.15) is 0 Å². The maximum atomic E-state index is 4.80. The van der Waals surface area contributed by atoms with Crippen LogP contribution in [0.2, 0.25) is 0 Å². The standard InChI is InChI=1S/C19H33N5S.HI/c1-4-20-19(21-11-9-18-14(2)22-15(3)25-18)23-16-10-12-24(13-16)17-7-5-6-8-17;/h16-17H,4-13H2,1-3H3,(H2,20,21,23);1H. The summed E-state index contributed by atoms with van der Waals surface area (Å²) in [6, 6.07) is 1.37. The third-order valence-electron chi connectivity index (χ3n) is 5.35. The highest BCUT2D eigenvalue weighted by Crippen LogP contribution is 2.26. The Kier molecular flexibility index (Phi) is 9.09. The fourth-order valence-electron chi connectivity index (χ4n) is 4.09. The highest BCUT2D eigenvalue weighted by atomic mass is 127. The van der Waals surface area contributed by atoms with Crippen LogP contribution in [0.1, 0.15) is 54.6 Å². The van der Waals surface area contributed by atoms with Gasteiger partial charge in [-0.05, 0) is 40.0 Å². The first-order chi connectivity index (χ1) is 12.2. The number of aryl methyl sites for hydroxylation is 2. The van der Waals surface area contributed by atoms with Crippen LogP contribution in [0.25, 0.3) is 0 Å². The van der Waals surface area contributed by atoms with Gasteiger partial charge >= 0.3 is 0 Å². The minimum atomic E-state index is 0. The molecule has 2 N–H and O–H groups in total. The summed E-state index contributed by atoms with van der Waals surface area (Å²) in [5, 5.41) is 8.22. The van der Waals surface area contributed by atoms with Crippen LogP contribution in [0.3, 0.4) is 0 Å². The normalized spacial score (nSPS) is 21.8. The summed E-state index contributed by atoms with van der Waals surface area (Å²) >= 11 is 1.80. The Bertz CT molecular complexity index is 582. The summed E-state index contributed by atoms with van der Waals surface area (Å²) in [6.07, 6.45) is 7.84. The van der Waals surface area contributed by atoms with Crippen LogP contribution in [-0.4, -0.2) is 54.1 Å². The van der Waals surface area contributed by atoms with E-state index in [1.165, 1.54) is 55.8 Å². The van der Waals surface area contributed by atoms with Gasteiger partial charge in [0, 0.05) is 49.6 Å². The molecule has 1 atom stereocenters. The number of aliphatic imine (C=N–C) groups is 1. The molecular formula is C19H34IN5S. The molecule has 1 saturated heterocycles. The topological polar surface area (TPSA) is 52.6 Å². The molecule has 7 heteroatoms.